The summed E-state index contributed by atoms with van der Waals surface area (Å²) < 4.78 is 1.15. The third-order valence-electron chi connectivity index (χ3n) is 3.60. The molecule has 20 heavy (non-hydrogen) atoms. The molecular weight excluding hydrogens is 312 g/mol. The molecule has 3 aromatic rings. The summed E-state index contributed by atoms with van der Waals surface area (Å²) in [4.78, 5) is 3.22. The molecular formula is C17H17BrN2. The van der Waals surface area contributed by atoms with E-state index < -0.39 is 0 Å². The molecule has 0 aliphatic carbocycles. The van der Waals surface area contributed by atoms with Crippen molar-refractivity contribution in [3.8, 4) is 0 Å². The number of aromatic nitrogens is 1. The second kappa shape index (κ2) is 5.81. The van der Waals surface area contributed by atoms with Crippen molar-refractivity contribution in [2.75, 3.05) is 0 Å². The predicted octanol–water partition coefficient (Wildman–Crippen LogP) is 4.78. The molecule has 0 aliphatic rings. The zero-order valence-electron chi connectivity index (χ0n) is 11.4. The van der Waals surface area contributed by atoms with Gasteiger partial charge in [-0.15, -0.1) is 0 Å². The lowest BCUT2D eigenvalue weighted by Crippen LogP contribution is -2.18. The number of rotatable bonds is 4. The molecule has 0 aliphatic heterocycles. The molecule has 0 saturated heterocycles. The monoisotopic (exact) mass is 328 g/mol. The molecule has 3 heteroatoms. The van der Waals surface area contributed by atoms with E-state index in [9.17, 15) is 0 Å². The van der Waals surface area contributed by atoms with Gasteiger partial charge in [0, 0.05) is 28.8 Å². The van der Waals surface area contributed by atoms with Crippen LogP contribution >= 0.6 is 15.9 Å². The fraction of sp³-hybridized carbons (Fsp3) is 0.176. The Balaban J connectivity index is 1.71. The van der Waals surface area contributed by atoms with Gasteiger partial charge in [0.25, 0.3) is 0 Å². The molecule has 102 valence electrons. The highest BCUT2D eigenvalue weighted by molar-refractivity contribution is 9.10. The van der Waals surface area contributed by atoms with Gasteiger partial charge in [-0.25, -0.2) is 0 Å². The van der Waals surface area contributed by atoms with Gasteiger partial charge in [-0.1, -0.05) is 40.2 Å². The molecule has 0 fully saturated rings. The van der Waals surface area contributed by atoms with Crippen LogP contribution in [0.5, 0.6) is 0 Å². The lowest BCUT2D eigenvalue weighted by Gasteiger charge is -2.16. The van der Waals surface area contributed by atoms with E-state index in [1.54, 1.807) is 0 Å². The van der Waals surface area contributed by atoms with Crippen LogP contribution < -0.4 is 5.32 Å². The molecule has 1 heterocycles. The lowest BCUT2D eigenvalue weighted by molar-refractivity contribution is 0.573. The molecule has 1 unspecified atom stereocenters. The summed E-state index contributed by atoms with van der Waals surface area (Å²) in [5.41, 5.74) is 3.78. The maximum atomic E-state index is 3.61. The first kappa shape index (κ1) is 13.4. The molecule has 2 aromatic carbocycles. The van der Waals surface area contributed by atoms with Crippen molar-refractivity contribution in [1.29, 1.82) is 0 Å². The van der Waals surface area contributed by atoms with Crippen LogP contribution in [0.25, 0.3) is 10.9 Å². The number of hydrogen-bond acceptors (Lipinski definition) is 1. The maximum absolute atomic E-state index is 3.61. The third-order valence-corrected chi connectivity index (χ3v) is 4.32. The van der Waals surface area contributed by atoms with E-state index in [1.807, 2.05) is 12.3 Å². The molecule has 0 amide bonds. The normalized spacial score (nSPS) is 12.7. The lowest BCUT2D eigenvalue weighted by atomic mass is 10.1. The summed E-state index contributed by atoms with van der Waals surface area (Å²) in [5, 5.41) is 4.83. The Labute approximate surface area is 127 Å². The molecule has 0 bridgehead atoms. The van der Waals surface area contributed by atoms with E-state index in [0.29, 0.717) is 6.04 Å². The van der Waals surface area contributed by atoms with Crippen LogP contribution in [0.4, 0.5) is 0 Å². The number of H-pyrrole nitrogens is 1. The second-order valence-corrected chi connectivity index (χ2v) is 5.88. The summed E-state index contributed by atoms with van der Waals surface area (Å²) in [7, 11) is 0. The van der Waals surface area contributed by atoms with Crippen molar-refractivity contribution in [3.63, 3.8) is 0 Å². The highest BCUT2D eigenvalue weighted by Crippen LogP contribution is 2.23. The zero-order valence-corrected chi connectivity index (χ0v) is 12.9. The molecule has 0 saturated carbocycles. The number of benzene rings is 2. The molecule has 0 spiro atoms. The van der Waals surface area contributed by atoms with E-state index in [4.69, 9.17) is 0 Å². The Kier molecular flexibility index (Phi) is 3.90. The summed E-state index contributed by atoms with van der Waals surface area (Å²) in [5.74, 6) is 0. The highest BCUT2D eigenvalue weighted by atomic mass is 79.9. The van der Waals surface area contributed by atoms with Gasteiger partial charge in [0.15, 0.2) is 0 Å². The van der Waals surface area contributed by atoms with Crippen molar-refractivity contribution < 1.29 is 0 Å². The van der Waals surface area contributed by atoms with Crippen molar-refractivity contribution >= 4 is 26.8 Å². The Morgan fingerprint density at radius 2 is 2.00 bits per heavy atom. The van der Waals surface area contributed by atoms with E-state index in [-0.39, 0.29) is 0 Å². The van der Waals surface area contributed by atoms with Gasteiger partial charge < -0.3 is 10.3 Å². The van der Waals surface area contributed by atoms with Crippen LogP contribution in [0.1, 0.15) is 24.1 Å². The van der Waals surface area contributed by atoms with Gasteiger partial charge in [0.05, 0.1) is 0 Å². The summed E-state index contributed by atoms with van der Waals surface area (Å²) in [6.07, 6.45) is 1.98. The summed E-state index contributed by atoms with van der Waals surface area (Å²) >= 11 is 3.61. The number of aromatic amines is 1. The largest absolute Gasteiger partial charge is 0.361 e. The fourth-order valence-corrected chi connectivity index (χ4v) is 3.05. The first-order valence-electron chi connectivity index (χ1n) is 6.78. The predicted molar refractivity (Wildman–Crippen MR) is 87.7 cm³/mol. The first-order valence-corrected chi connectivity index (χ1v) is 7.57. The van der Waals surface area contributed by atoms with Gasteiger partial charge in [0.1, 0.15) is 0 Å². The fourth-order valence-electron chi connectivity index (χ4n) is 2.42. The quantitative estimate of drug-likeness (QED) is 0.708. The van der Waals surface area contributed by atoms with E-state index in [1.165, 1.54) is 22.0 Å². The molecule has 0 radical (unpaired) electrons. The third kappa shape index (κ3) is 2.79. The Morgan fingerprint density at radius 3 is 2.85 bits per heavy atom. The zero-order chi connectivity index (χ0) is 13.9. The van der Waals surface area contributed by atoms with Gasteiger partial charge in [-0.3, -0.25) is 0 Å². The van der Waals surface area contributed by atoms with Gasteiger partial charge in [-0.05, 0) is 47.7 Å². The van der Waals surface area contributed by atoms with Crippen LogP contribution in [-0.2, 0) is 6.54 Å². The van der Waals surface area contributed by atoms with Crippen LogP contribution in [0.15, 0.2) is 59.2 Å². The van der Waals surface area contributed by atoms with Gasteiger partial charge >= 0.3 is 0 Å². The van der Waals surface area contributed by atoms with Crippen molar-refractivity contribution in [2.24, 2.45) is 0 Å². The summed E-state index contributed by atoms with van der Waals surface area (Å²) in [6.45, 7) is 3.05. The molecule has 2 nitrogen and oxygen atoms in total. The van der Waals surface area contributed by atoms with Crippen LogP contribution in [0.2, 0.25) is 0 Å². The minimum atomic E-state index is 0.312. The van der Waals surface area contributed by atoms with Crippen LogP contribution in [0, 0.1) is 0 Å². The molecule has 3 rings (SSSR count). The molecule has 1 aromatic heterocycles. The Morgan fingerprint density at radius 1 is 1.15 bits per heavy atom. The summed E-state index contributed by atoms with van der Waals surface area (Å²) in [6, 6.07) is 17.3. The van der Waals surface area contributed by atoms with E-state index in [0.717, 1.165) is 11.0 Å². The van der Waals surface area contributed by atoms with Crippen molar-refractivity contribution in [2.45, 2.75) is 19.5 Å². The van der Waals surface area contributed by atoms with Gasteiger partial charge in [-0.2, -0.15) is 0 Å². The Bertz CT molecular complexity index is 718. The van der Waals surface area contributed by atoms with Gasteiger partial charge in [0.2, 0.25) is 0 Å². The van der Waals surface area contributed by atoms with Crippen LogP contribution in [-0.4, -0.2) is 4.98 Å². The SMILES string of the molecule is CC(NCc1ccc2[nH]ccc2c1)c1ccccc1Br. The average molecular weight is 329 g/mol. The van der Waals surface area contributed by atoms with E-state index in [2.05, 4.69) is 75.6 Å². The smallest absolute Gasteiger partial charge is 0.0454 e. The second-order valence-electron chi connectivity index (χ2n) is 5.02. The van der Waals surface area contributed by atoms with E-state index >= 15 is 0 Å². The maximum Gasteiger partial charge on any atom is 0.0454 e. The average Bonchev–Trinajstić information content (AvgIpc) is 2.92. The minimum Gasteiger partial charge on any atom is -0.361 e. The number of fused-ring (bicyclic) bond motifs is 1. The Hall–Kier alpha value is -1.58. The number of hydrogen-bond donors (Lipinski definition) is 2. The molecule has 2 N–H and O–H groups in total. The first-order chi connectivity index (χ1) is 9.74. The standard InChI is InChI=1S/C17H17BrN2/c1-12(15-4-2-3-5-16(15)18)20-11-13-6-7-17-14(10-13)8-9-19-17/h2-10,12,19-20H,11H2,1H3. The van der Waals surface area contributed by atoms with Crippen LogP contribution in [0.3, 0.4) is 0 Å². The number of nitrogens with one attached hydrogen (secondary N) is 2. The van der Waals surface area contributed by atoms with Crippen molar-refractivity contribution in [3.05, 3.63) is 70.3 Å². The van der Waals surface area contributed by atoms with Crippen molar-refractivity contribution in [1.82, 2.24) is 10.3 Å². The number of halogens is 1. The highest BCUT2D eigenvalue weighted by Gasteiger charge is 2.08. The molecule has 1 atom stereocenters. The topological polar surface area (TPSA) is 27.8 Å². The minimum absolute atomic E-state index is 0.312.